The number of hydrogen-bond acceptors (Lipinski definition) is 6. The third-order valence-corrected chi connectivity index (χ3v) is 7.05. The highest BCUT2D eigenvalue weighted by Gasteiger charge is 2.35. The number of ether oxygens (including phenoxy) is 3. The van der Waals surface area contributed by atoms with Gasteiger partial charge >= 0.3 is 0 Å². The van der Waals surface area contributed by atoms with Crippen LogP contribution in [-0.2, 0) is 16.4 Å². The smallest absolute Gasteiger partial charge is 0.254 e. The molecule has 0 spiro atoms. The Kier molecular flexibility index (Phi) is 6.55. The van der Waals surface area contributed by atoms with Gasteiger partial charge in [0, 0.05) is 18.2 Å². The van der Waals surface area contributed by atoms with Crippen molar-refractivity contribution in [3.63, 3.8) is 0 Å². The molecule has 0 saturated carbocycles. The van der Waals surface area contributed by atoms with E-state index >= 15 is 0 Å². The van der Waals surface area contributed by atoms with Gasteiger partial charge in [-0.2, -0.15) is 0 Å². The third kappa shape index (κ3) is 4.70. The van der Waals surface area contributed by atoms with E-state index in [1.54, 1.807) is 17.0 Å². The maximum atomic E-state index is 13.5. The zero-order valence-corrected chi connectivity index (χ0v) is 18.5. The summed E-state index contributed by atoms with van der Waals surface area (Å²) >= 11 is 0. The number of carbonyl (C=O) groups is 1. The number of benzene rings is 2. The lowest BCUT2D eigenvalue weighted by molar-refractivity contribution is 0.0680. The second-order valence-corrected chi connectivity index (χ2v) is 9.62. The van der Waals surface area contributed by atoms with Crippen LogP contribution in [0.4, 0.5) is 0 Å². The first kappa shape index (κ1) is 22.0. The number of aryl methyl sites for hydroxylation is 1. The van der Waals surface area contributed by atoms with Crippen LogP contribution < -0.4 is 14.2 Å². The Bertz CT molecular complexity index is 991. The molecule has 0 aliphatic carbocycles. The number of rotatable bonds is 7. The minimum absolute atomic E-state index is 0.0327. The van der Waals surface area contributed by atoms with Crippen molar-refractivity contribution in [2.45, 2.75) is 25.9 Å². The van der Waals surface area contributed by atoms with Gasteiger partial charge < -0.3 is 19.1 Å². The van der Waals surface area contributed by atoms with Gasteiger partial charge in [-0.15, -0.1) is 0 Å². The molecule has 0 unspecified atom stereocenters. The predicted molar refractivity (Wildman–Crippen MR) is 114 cm³/mol. The predicted octanol–water partition coefficient (Wildman–Crippen LogP) is 2.85. The summed E-state index contributed by atoms with van der Waals surface area (Å²) in [6, 6.07) is 10.7. The largest absolute Gasteiger partial charge is 0.493 e. The van der Waals surface area contributed by atoms with Crippen LogP contribution in [0.1, 0.15) is 27.9 Å². The van der Waals surface area contributed by atoms with Crippen molar-refractivity contribution in [3.8, 4) is 17.2 Å². The number of amides is 1. The average molecular weight is 434 g/mol. The highest BCUT2D eigenvalue weighted by Crippen LogP contribution is 2.39. The zero-order valence-electron chi connectivity index (χ0n) is 17.7. The maximum absolute atomic E-state index is 13.5. The summed E-state index contributed by atoms with van der Waals surface area (Å²) in [5.74, 6) is 0.908. The normalized spacial score (nSPS) is 17.4. The van der Waals surface area contributed by atoms with E-state index in [2.05, 4.69) is 0 Å². The number of methoxy groups -OCH3 is 3. The second-order valence-electron chi connectivity index (χ2n) is 7.39. The van der Waals surface area contributed by atoms with Crippen molar-refractivity contribution < 1.29 is 27.4 Å². The Hall–Kier alpha value is -2.74. The van der Waals surface area contributed by atoms with Gasteiger partial charge in [0.05, 0.1) is 32.8 Å². The van der Waals surface area contributed by atoms with Crippen LogP contribution in [0, 0.1) is 6.92 Å². The topological polar surface area (TPSA) is 82.1 Å². The summed E-state index contributed by atoms with van der Waals surface area (Å²) in [7, 11) is 1.31. The number of nitrogens with zero attached hydrogens (tertiary/aromatic N) is 1. The van der Waals surface area contributed by atoms with Crippen LogP contribution in [0.25, 0.3) is 0 Å². The summed E-state index contributed by atoms with van der Waals surface area (Å²) in [6.45, 7) is 2.31. The maximum Gasteiger partial charge on any atom is 0.254 e. The minimum atomic E-state index is -3.15. The first-order chi connectivity index (χ1) is 14.3. The SMILES string of the molecule is COc1cc(C(=O)N(Cc2ccc(C)cc2)[C@@H]2CCS(=O)(=O)C2)cc(OC)c1OC. The van der Waals surface area contributed by atoms with E-state index < -0.39 is 9.84 Å². The number of sulfone groups is 1. The van der Waals surface area contributed by atoms with Crippen LogP contribution in [0.3, 0.4) is 0 Å². The third-order valence-electron chi connectivity index (χ3n) is 5.30. The summed E-state index contributed by atoms with van der Waals surface area (Å²) in [5.41, 5.74) is 2.40. The first-order valence-corrected chi connectivity index (χ1v) is 11.5. The fourth-order valence-corrected chi connectivity index (χ4v) is 5.38. The Labute approximate surface area is 177 Å². The number of carbonyl (C=O) groups excluding carboxylic acids is 1. The van der Waals surface area contributed by atoms with Crippen LogP contribution in [-0.4, -0.2) is 58.1 Å². The van der Waals surface area contributed by atoms with Crippen LogP contribution >= 0.6 is 0 Å². The molecule has 1 saturated heterocycles. The van der Waals surface area contributed by atoms with Crippen LogP contribution in [0.15, 0.2) is 36.4 Å². The molecule has 0 bridgehead atoms. The Morgan fingerprint density at radius 2 is 1.63 bits per heavy atom. The molecule has 7 nitrogen and oxygen atoms in total. The molecule has 0 N–H and O–H groups in total. The molecule has 1 heterocycles. The molecule has 162 valence electrons. The van der Waals surface area contributed by atoms with E-state index in [-0.39, 0.29) is 23.5 Å². The van der Waals surface area contributed by atoms with E-state index in [9.17, 15) is 13.2 Å². The molecule has 1 atom stereocenters. The molecule has 1 aliphatic heterocycles. The van der Waals surface area contributed by atoms with Gasteiger partial charge in [0.15, 0.2) is 21.3 Å². The van der Waals surface area contributed by atoms with Crippen LogP contribution in [0.5, 0.6) is 17.2 Å². The van der Waals surface area contributed by atoms with Gasteiger partial charge in [-0.3, -0.25) is 4.79 Å². The molecule has 0 aromatic heterocycles. The fourth-order valence-electron chi connectivity index (χ4n) is 3.65. The summed E-state index contributed by atoms with van der Waals surface area (Å²) < 4.78 is 40.3. The van der Waals surface area contributed by atoms with Crippen molar-refractivity contribution in [2.24, 2.45) is 0 Å². The Morgan fingerprint density at radius 3 is 2.10 bits per heavy atom. The zero-order chi connectivity index (χ0) is 21.9. The summed E-state index contributed by atoms with van der Waals surface area (Å²) in [4.78, 5) is 15.2. The van der Waals surface area contributed by atoms with Crippen molar-refractivity contribution in [2.75, 3.05) is 32.8 Å². The summed E-state index contributed by atoms with van der Waals surface area (Å²) in [5, 5.41) is 0. The van der Waals surface area contributed by atoms with E-state index in [0.29, 0.717) is 35.8 Å². The fraction of sp³-hybridized carbons (Fsp3) is 0.409. The molecule has 1 amide bonds. The molecule has 30 heavy (non-hydrogen) atoms. The van der Waals surface area contributed by atoms with Gasteiger partial charge in [0.1, 0.15) is 0 Å². The molecule has 8 heteroatoms. The van der Waals surface area contributed by atoms with Crippen LogP contribution in [0.2, 0.25) is 0 Å². The van der Waals surface area contributed by atoms with Gasteiger partial charge in [-0.25, -0.2) is 8.42 Å². The molecular weight excluding hydrogens is 406 g/mol. The lowest BCUT2D eigenvalue weighted by Gasteiger charge is -2.29. The van der Waals surface area contributed by atoms with Crippen molar-refractivity contribution >= 4 is 15.7 Å². The van der Waals surface area contributed by atoms with Gasteiger partial charge in [0.25, 0.3) is 5.91 Å². The van der Waals surface area contributed by atoms with E-state index in [0.717, 1.165) is 11.1 Å². The molecular formula is C22H27NO6S. The van der Waals surface area contributed by atoms with Crippen molar-refractivity contribution in [1.29, 1.82) is 0 Å². The van der Waals surface area contributed by atoms with Crippen molar-refractivity contribution in [3.05, 3.63) is 53.1 Å². The van der Waals surface area contributed by atoms with Gasteiger partial charge in [-0.1, -0.05) is 29.8 Å². The quantitative estimate of drug-likeness (QED) is 0.668. The second kappa shape index (κ2) is 8.95. The standard InChI is InChI=1S/C22H27NO6S/c1-15-5-7-16(8-6-15)13-23(18-9-10-30(25,26)14-18)22(24)17-11-19(27-2)21(29-4)20(12-17)28-3/h5-8,11-12,18H,9-10,13-14H2,1-4H3/t18-/m1/s1. The monoisotopic (exact) mass is 433 g/mol. The van der Waals surface area contributed by atoms with Gasteiger partial charge in [-0.05, 0) is 31.0 Å². The van der Waals surface area contributed by atoms with Gasteiger partial charge in [0.2, 0.25) is 5.75 Å². The molecule has 3 rings (SSSR count). The average Bonchev–Trinajstić information content (AvgIpc) is 3.10. The molecule has 0 radical (unpaired) electrons. The minimum Gasteiger partial charge on any atom is -0.493 e. The summed E-state index contributed by atoms with van der Waals surface area (Å²) in [6.07, 6.45) is 0.421. The van der Waals surface area contributed by atoms with E-state index in [4.69, 9.17) is 14.2 Å². The van der Waals surface area contributed by atoms with E-state index in [1.165, 1.54) is 21.3 Å². The molecule has 2 aromatic rings. The Balaban J connectivity index is 2.00. The highest BCUT2D eigenvalue weighted by molar-refractivity contribution is 7.91. The highest BCUT2D eigenvalue weighted by atomic mass is 32.2. The van der Waals surface area contributed by atoms with Crippen molar-refractivity contribution in [1.82, 2.24) is 4.90 Å². The molecule has 1 aliphatic rings. The lowest BCUT2D eigenvalue weighted by Crippen LogP contribution is -2.40. The first-order valence-electron chi connectivity index (χ1n) is 9.65. The molecule has 1 fully saturated rings. The lowest BCUT2D eigenvalue weighted by atomic mass is 10.1. The van der Waals surface area contributed by atoms with E-state index in [1.807, 2.05) is 31.2 Å². The molecule has 2 aromatic carbocycles. The number of hydrogen-bond donors (Lipinski definition) is 0. The Morgan fingerprint density at radius 1 is 1.03 bits per heavy atom.